The predicted octanol–water partition coefficient (Wildman–Crippen LogP) is 2.64. The molecule has 0 aliphatic rings. The van der Waals surface area contributed by atoms with Crippen LogP contribution in [-0.2, 0) is 6.42 Å². The Bertz CT molecular complexity index is 832. The van der Waals surface area contributed by atoms with Crippen LogP contribution >= 0.6 is 11.6 Å². The second-order valence-electron chi connectivity index (χ2n) is 4.84. The van der Waals surface area contributed by atoms with E-state index in [0.717, 1.165) is 5.69 Å². The SMILES string of the molecule is C[C@H](Cc1cnccn1)n1cnc2cccc(Cl)c2c1=O. The molecule has 2 heterocycles. The molecule has 0 N–H and O–H groups in total. The van der Waals surface area contributed by atoms with Crippen molar-refractivity contribution in [2.24, 2.45) is 0 Å². The molecule has 3 aromatic rings. The molecule has 0 aliphatic heterocycles. The summed E-state index contributed by atoms with van der Waals surface area (Å²) in [5, 5.41) is 0.874. The molecular weight excluding hydrogens is 288 g/mol. The van der Waals surface area contributed by atoms with Gasteiger partial charge in [0.1, 0.15) is 0 Å². The van der Waals surface area contributed by atoms with Crippen LogP contribution in [0.25, 0.3) is 10.9 Å². The van der Waals surface area contributed by atoms with Crippen LogP contribution in [-0.4, -0.2) is 19.5 Å². The van der Waals surface area contributed by atoms with Crippen molar-refractivity contribution >= 4 is 22.5 Å². The van der Waals surface area contributed by atoms with E-state index in [4.69, 9.17) is 11.6 Å². The third-order valence-corrected chi connectivity index (χ3v) is 3.67. The van der Waals surface area contributed by atoms with Crippen LogP contribution in [0.1, 0.15) is 18.7 Å². The van der Waals surface area contributed by atoms with Gasteiger partial charge in [-0.1, -0.05) is 17.7 Å². The lowest BCUT2D eigenvalue weighted by atomic mass is 10.1. The van der Waals surface area contributed by atoms with E-state index >= 15 is 0 Å². The van der Waals surface area contributed by atoms with Crippen molar-refractivity contribution in [3.63, 3.8) is 0 Å². The van der Waals surface area contributed by atoms with Crippen LogP contribution in [0.4, 0.5) is 0 Å². The van der Waals surface area contributed by atoms with Gasteiger partial charge in [-0.05, 0) is 19.1 Å². The quantitative estimate of drug-likeness (QED) is 0.746. The first kappa shape index (κ1) is 13.7. The summed E-state index contributed by atoms with van der Waals surface area (Å²) >= 11 is 6.12. The highest BCUT2D eigenvalue weighted by Gasteiger charge is 2.13. The summed E-state index contributed by atoms with van der Waals surface area (Å²) in [6.07, 6.45) is 7.12. The number of fused-ring (bicyclic) bond motifs is 1. The highest BCUT2D eigenvalue weighted by molar-refractivity contribution is 6.35. The average molecular weight is 301 g/mol. The molecule has 1 atom stereocenters. The van der Waals surface area contributed by atoms with Crippen LogP contribution in [0, 0.1) is 0 Å². The van der Waals surface area contributed by atoms with Gasteiger partial charge in [-0.25, -0.2) is 4.98 Å². The molecule has 106 valence electrons. The monoisotopic (exact) mass is 300 g/mol. The molecule has 6 heteroatoms. The van der Waals surface area contributed by atoms with E-state index in [0.29, 0.717) is 22.3 Å². The maximum Gasteiger partial charge on any atom is 0.262 e. The fraction of sp³-hybridized carbons (Fsp3) is 0.200. The lowest BCUT2D eigenvalue weighted by Gasteiger charge is -2.14. The molecule has 0 fully saturated rings. The summed E-state index contributed by atoms with van der Waals surface area (Å²) in [6, 6.07) is 5.18. The maximum absolute atomic E-state index is 12.6. The van der Waals surface area contributed by atoms with E-state index < -0.39 is 0 Å². The Hall–Kier alpha value is -2.27. The van der Waals surface area contributed by atoms with Crippen molar-refractivity contribution < 1.29 is 0 Å². The van der Waals surface area contributed by atoms with E-state index in [-0.39, 0.29) is 11.6 Å². The van der Waals surface area contributed by atoms with Crippen molar-refractivity contribution in [3.05, 3.63) is 64.2 Å². The first-order valence-corrected chi connectivity index (χ1v) is 6.95. The minimum absolute atomic E-state index is 0.0811. The molecule has 0 unspecified atom stereocenters. The predicted molar refractivity (Wildman–Crippen MR) is 81.5 cm³/mol. The molecule has 0 saturated heterocycles. The van der Waals surface area contributed by atoms with Gasteiger partial charge in [0.25, 0.3) is 5.56 Å². The lowest BCUT2D eigenvalue weighted by molar-refractivity contribution is 0.517. The van der Waals surface area contributed by atoms with Gasteiger partial charge in [0.15, 0.2) is 0 Å². The maximum atomic E-state index is 12.6. The highest BCUT2D eigenvalue weighted by Crippen LogP contribution is 2.19. The van der Waals surface area contributed by atoms with Crippen molar-refractivity contribution in [2.45, 2.75) is 19.4 Å². The zero-order valence-electron chi connectivity index (χ0n) is 11.4. The van der Waals surface area contributed by atoms with E-state index in [1.54, 1.807) is 47.7 Å². The summed E-state index contributed by atoms with van der Waals surface area (Å²) in [5.74, 6) is 0. The number of hydrogen-bond acceptors (Lipinski definition) is 4. The number of aromatic nitrogens is 4. The lowest BCUT2D eigenvalue weighted by Crippen LogP contribution is -2.25. The van der Waals surface area contributed by atoms with Crippen molar-refractivity contribution in [3.8, 4) is 0 Å². The summed E-state index contributed by atoms with van der Waals surface area (Å²) in [4.78, 5) is 25.2. The van der Waals surface area contributed by atoms with Gasteiger partial charge in [-0.3, -0.25) is 19.3 Å². The smallest absolute Gasteiger partial charge is 0.262 e. The van der Waals surface area contributed by atoms with Gasteiger partial charge < -0.3 is 0 Å². The van der Waals surface area contributed by atoms with Crippen molar-refractivity contribution in [2.75, 3.05) is 0 Å². The van der Waals surface area contributed by atoms with Crippen molar-refractivity contribution in [1.82, 2.24) is 19.5 Å². The minimum atomic E-state index is -0.137. The molecule has 0 aliphatic carbocycles. The zero-order chi connectivity index (χ0) is 14.8. The van der Waals surface area contributed by atoms with Gasteiger partial charge in [0, 0.05) is 31.1 Å². The summed E-state index contributed by atoms with van der Waals surface area (Å²) in [6.45, 7) is 1.94. The van der Waals surface area contributed by atoms with Crippen LogP contribution in [0.3, 0.4) is 0 Å². The molecule has 2 aromatic heterocycles. The van der Waals surface area contributed by atoms with E-state index in [1.807, 2.05) is 6.92 Å². The second kappa shape index (κ2) is 5.61. The van der Waals surface area contributed by atoms with Crippen LogP contribution in [0.5, 0.6) is 0 Å². The molecular formula is C15H13ClN4O. The summed E-state index contributed by atoms with van der Waals surface area (Å²) in [7, 11) is 0. The number of nitrogens with zero attached hydrogens (tertiary/aromatic N) is 4. The zero-order valence-corrected chi connectivity index (χ0v) is 12.2. The Labute approximate surface area is 126 Å². The van der Waals surface area contributed by atoms with E-state index in [9.17, 15) is 4.79 Å². The van der Waals surface area contributed by atoms with E-state index in [2.05, 4.69) is 15.0 Å². The Kier molecular flexibility index (Phi) is 3.66. The van der Waals surface area contributed by atoms with E-state index in [1.165, 1.54) is 0 Å². The van der Waals surface area contributed by atoms with Gasteiger partial charge in [-0.15, -0.1) is 0 Å². The molecule has 0 saturated carbocycles. The van der Waals surface area contributed by atoms with Crippen LogP contribution < -0.4 is 5.56 Å². The number of halogens is 1. The summed E-state index contributed by atoms with van der Waals surface area (Å²) < 4.78 is 1.59. The Morgan fingerprint density at radius 2 is 2.14 bits per heavy atom. The number of benzene rings is 1. The molecule has 0 bridgehead atoms. The van der Waals surface area contributed by atoms with Gasteiger partial charge in [-0.2, -0.15) is 0 Å². The number of rotatable bonds is 3. The topological polar surface area (TPSA) is 60.7 Å². The third kappa shape index (κ3) is 2.64. The third-order valence-electron chi connectivity index (χ3n) is 3.36. The van der Waals surface area contributed by atoms with Gasteiger partial charge in [0.05, 0.1) is 27.9 Å². The highest BCUT2D eigenvalue weighted by atomic mass is 35.5. The normalized spacial score (nSPS) is 12.5. The average Bonchev–Trinajstić information content (AvgIpc) is 2.48. The molecule has 1 aromatic carbocycles. The fourth-order valence-corrected chi connectivity index (χ4v) is 2.54. The fourth-order valence-electron chi connectivity index (χ4n) is 2.29. The van der Waals surface area contributed by atoms with Crippen LogP contribution in [0.2, 0.25) is 5.02 Å². The molecule has 0 spiro atoms. The molecule has 5 nitrogen and oxygen atoms in total. The first-order chi connectivity index (χ1) is 10.2. The van der Waals surface area contributed by atoms with Crippen LogP contribution in [0.15, 0.2) is 47.9 Å². The summed E-state index contributed by atoms with van der Waals surface area (Å²) in [5.41, 5.74) is 1.30. The van der Waals surface area contributed by atoms with Crippen molar-refractivity contribution in [1.29, 1.82) is 0 Å². The largest absolute Gasteiger partial charge is 0.295 e. The standard InChI is InChI=1S/C15H13ClN4O/c1-10(7-11-8-17-5-6-18-11)20-9-19-13-4-2-3-12(16)14(13)15(20)21/h2-6,8-10H,7H2,1H3/t10-/m1/s1. The Morgan fingerprint density at radius 1 is 1.29 bits per heavy atom. The Morgan fingerprint density at radius 3 is 2.90 bits per heavy atom. The number of hydrogen-bond donors (Lipinski definition) is 0. The Balaban J connectivity index is 2.03. The van der Waals surface area contributed by atoms with Gasteiger partial charge >= 0.3 is 0 Å². The molecule has 0 amide bonds. The molecule has 21 heavy (non-hydrogen) atoms. The first-order valence-electron chi connectivity index (χ1n) is 6.57. The van der Waals surface area contributed by atoms with Gasteiger partial charge in [0.2, 0.25) is 0 Å². The molecule has 3 rings (SSSR count). The second-order valence-corrected chi connectivity index (χ2v) is 5.25. The minimum Gasteiger partial charge on any atom is -0.295 e. The molecule has 0 radical (unpaired) electrons.